The number of imidazole rings is 1. The Kier molecular flexibility index (Phi) is 3.75. The number of oxazole rings is 1. The summed E-state index contributed by atoms with van der Waals surface area (Å²) in [7, 11) is 0. The zero-order valence-corrected chi connectivity index (χ0v) is 13.2. The van der Waals surface area contributed by atoms with E-state index in [-0.39, 0.29) is 0 Å². The summed E-state index contributed by atoms with van der Waals surface area (Å²) < 4.78 is 7.83. The summed E-state index contributed by atoms with van der Waals surface area (Å²) in [6.07, 6.45) is 4.02. The van der Waals surface area contributed by atoms with Crippen LogP contribution >= 0.6 is 0 Å². The molecule has 0 unspecified atom stereocenters. The first-order chi connectivity index (χ1) is 11.3. The lowest BCUT2D eigenvalue weighted by Crippen LogP contribution is -2.36. The maximum absolute atomic E-state index is 5.65. The van der Waals surface area contributed by atoms with Gasteiger partial charge in [0.25, 0.3) is 0 Å². The van der Waals surface area contributed by atoms with Crippen LogP contribution in [0.15, 0.2) is 34.9 Å². The summed E-state index contributed by atoms with van der Waals surface area (Å²) in [5.74, 6) is 2.45. The van der Waals surface area contributed by atoms with Crippen molar-refractivity contribution in [2.24, 2.45) is 0 Å². The van der Waals surface area contributed by atoms with Crippen molar-refractivity contribution in [2.45, 2.75) is 32.4 Å². The molecule has 1 aromatic carbocycles. The summed E-state index contributed by atoms with van der Waals surface area (Å²) in [6, 6.07) is 8.67. The average Bonchev–Trinajstić information content (AvgIpc) is 3.13. The van der Waals surface area contributed by atoms with Gasteiger partial charge in [-0.3, -0.25) is 0 Å². The van der Waals surface area contributed by atoms with Crippen LogP contribution in [0, 0.1) is 6.92 Å². The highest BCUT2D eigenvalue weighted by atomic mass is 16.4. The van der Waals surface area contributed by atoms with Crippen LogP contribution in [0.3, 0.4) is 0 Å². The van der Waals surface area contributed by atoms with Crippen LogP contribution in [0.2, 0.25) is 0 Å². The number of benzene rings is 1. The molecule has 2 aromatic heterocycles. The van der Waals surface area contributed by atoms with Crippen molar-refractivity contribution in [3.8, 4) is 0 Å². The Hall–Kier alpha value is -2.34. The highest BCUT2D eigenvalue weighted by molar-refractivity contribution is 5.78. The highest BCUT2D eigenvalue weighted by Crippen LogP contribution is 2.23. The van der Waals surface area contributed by atoms with Crippen molar-refractivity contribution >= 4 is 17.0 Å². The van der Waals surface area contributed by atoms with Crippen molar-refractivity contribution < 1.29 is 4.42 Å². The Balaban J connectivity index is 1.68. The second-order valence-electron chi connectivity index (χ2n) is 6.02. The van der Waals surface area contributed by atoms with Crippen molar-refractivity contribution in [2.75, 3.05) is 18.4 Å². The van der Waals surface area contributed by atoms with Crippen molar-refractivity contribution in [3.05, 3.63) is 42.1 Å². The number of nitrogens with one attached hydrogen (secondary N) is 2. The molecular formula is C17H21N5O. The van der Waals surface area contributed by atoms with Gasteiger partial charge in [-0.05, 0) is 38.1 Å². The fourth-order valence-corrected chi connectivity index (χ4v) is 3.13. The smallest absolute Gasteiger partial charge is 0.204 e. The van der Waals surface area contributed by atoms with E-state index in [1.165, 1.54) is 0 Å². The molecule has 1 saturated heterocycles. The third kappa shape index (κ3) is 2.94. The number of fused-ring (bicyclic) bond motifs is 1. The normalized spacial score (nSPS) is 16.0. The van der Waals surface area contributed by atoms with Gasteiger partial charge in [-0.1, -0.05) is 12.1 Å². The second kappa shape index (κ2) is 6.04. The summed E-state index contributed by atoms with van der Waals surface area (Å²) >= 11 is 0. The molecule has 0 aliphatic carbocycles. The summed E-state index contributed by atoms with van der Waals surface area (Å²) in [6.45, 7) is 4.61. The Morgan fingerprint density at radius 1 is 1.30 bits per heavy atom. The lowest BCUT2D eigenvalue weighted by molar-refractivity contribution is 0.460. The average molecular weight is 311 g/mol. The van der Waals surface area contributed by atoms with E-state index in [1.54, 1.807) is 6.20 Å². The van der Waals surface area contributed by atoms with Gasteiger partial charge in [0.2, 0.25) is 5.95 Å². The number of nitrogens with zero attached hydrogens (tertiary/aromatic N) is 3. The SMILES string of the molecule is Cc1ncc(Cn2c(NC3CCNCC3)nc3ccccc32)o1. The number of hydrogen-bond donors (Lipinski definition) is 2. The molecule has 3 aromatic rings. The molecule has 4 rings (SSSR count). The van der Waals surface area contributed by atoms with E-state index < -0.39 is 0 Å². The number of para-hydroxylation sites is 2. The monoisotopic (exact) mass is 311 g/mol. The summed E-state index contributed by atoms with van der Waals surface area (Å²) in [5, 5.41) is 7.01. The first-order valence-corrected chi connectivity index (χ1v) is 8.13. The van der Waals surface area contributed by atoms with E-state index in [4.69, 9.17) is 9.40 Å². The fraction of sp³-hybridized carbons (Fsp3) is 0.412. The minimum atomic E-state index is 0.461. The Morgan fingerprint density at radius 2 is 2.13 bits per heavy atom. The zero-order chi connectivity index (χ0) is 15.6. The fourth-order valence-electron chi connectivity index (χ4n) is 3.13. The lowest BCUT2D eigenvalue weighted by atomic mass is 10.1. The standard InChI is InChI=1S/C17H21N5O/c1-12-19-10-14(23-12)11-22-16-5-3-2-4-15(16)21-17(22)20-13-6-8-18-9-7-13/h2-5,10,13,18H,6-9,11H2,1H3,(H,20,21). The van der Waals surface area contributed by atoms with E-state index in [2.05, 4.69) is 26.3 Å². The van der Waals surface area contributed by atoms with Gasteiger partial charge in [0.05, 0.1) is 23.8 Å². The maximum atomic E-state index is 5.65. The van der Waals surface area contributed by atoms with Gasteiger partial charge in [0.1, 0.15) is 5.76 Å². The molecular weight excluding hydrogens is 290 g/mol. The molecule has 6 heteroatoms. The largest absolute Gasteiger partial charge is 0.444 e. The Morgan fingerprint density at radius 3 is 2.91 bits per heavy atom. The Bertz CT molecular complexity index is 800. The second-order valence-corrected chi connectivity index (χ2v) is 6.02. The van der Waals surface area contributed by atoms with Crippen LogP contribution in [-0.2, 0) is 6.54 Å². The van der Waals surface area contributed by atoms with Crippen LogP contribution in [0.1, 0.15) is 24.5 Å². The van der Waals surface area contributed by atoms with E-state index in [9.17, 15) is 0 Å². The molecule has 0 spiro atoms. The van der Waals surface area contributed by atoms with E-state index in [0.29, 0.717) is 18.5 Å². The predicted molar refractivity (Wildman–Crippen MR) is 89.6 cm³/mol. The van der Waals surface area contributed by atoms with Gasteiger partial charge >= 0.3 is 0 Å². The molecule has 2 N–H and O–H groups in total. The molecule has 0 radical (unpaired) electrons. The highest BCUT2D eigenvalue weighted by Gasteiger charge is 2.18. The third-order valence-corrected chi connectivity index (χ3v) is 4.31. The van der Waals surface area contributed by atoms with Gasteiger partial charge in [-0.25, -0.2) is 9.97 Å². The Labute approximate surface area is 134 Å². The van der Waals surface area contributed by atoms with Gasteiger partial charge in [0.15, 0.2) is 5.89 Å². The topological polar surface area (TPSA) is 67.9 Å². The molecule has 3 heterocycles. The molecule has 0 amide bonds. The molecule has 1 fully saturated rings. The summed E-state index contributed by atoms with van der Waals surface area (Å²) in [5.41, 5.74) is 2.11. The molecule has 120 valence electrons. The number of aryl methyl sites for hydroxylation is 1. The van der Waals surface area contributed by atoms with E-state index in [1.807, 2.05) is 25.1 Å². The molecule has 1 aliphatic rings. The van der Waals surface area contributed by atoms with Gasteiger partial charge in [-0.2, -0.15) is 0 Å². The minimum Gasteiger partial charge on any atom is -0.444 e. The third-order valence-electron chi connectivity index (χ3n) is 4.31. The molecule has 23 heavy (non-hydrogen) atoms. The van der Waals surface area contributed by atoms with Crippen molar-refractivity contribution in [1.29, 1.82) is 0 Å². The maximum Gasteiger partial charge on any atom is 0.204 e. The van der Waals surface area contributed by atoms with E-state index >= 15 is 0 Å². The number of rotatable bonds is 4. The molecule has 0 bridgehead atoms. The van der Waals surface area contributed by atoms with Gasteiger partial charge < -0.3 is 19.6 Å². The van der Waals surface area contributed by atoms with Crippen LogP contribution in [0.4, 0.5) is 5.95 Å². The summed E-state index contributed by atoms with van der Waals surface area (Å²) in [4.78, 5) is 8.97. The van der Waals surface area contributed by atoms with Crippen molar-refractivity contribution in [3.63, 3.8) is 0 Å². The first-order valence-electron chi connectivity index (χ1n) is 8.13. The van der Waals surface area contributed by atoms with Crippen LogP contribution in [-0.4, -0.2) is 33.7 Å². The van der Waals surface area contributed by atoms with E-state index in [0.717, 1.165) is 48.7 Å². The quantitative estimate of drug-likeness (QED) is 0.775. The first kappa shape index (κ1) is 14.3. The minimum absolute atomic E-state index is 0.461. The number of piperidine rings is 1. The number of anilines is 1. The number of aromatic nitrogens is 3. The van der Waals surface area contributed by atoms with Crippen LogP contribution in [0.25, 0.3) is 11.0 Å². The molecule has 0 saturated carbocycles. The molecule has 1 aliphatic heterocycles. The van der Waals surface area contributed by atoms with Crippen molar-refractivity contribution in [1.82, 2.24) is 19.9 Å². The zero-order valence-electron chi connectivity index (χ0n) is 13.2. The van der Waals surface area contributed by atoms with Crippen LogP contribution < -0.4 is 10.6 Å². The molecule has 6 nitrogen and oxygen atoms in total. The van der Waals surface area contributed by atoms with Gasteiger partial charge in [0, 0.05) is 13.0 Å². The van der Waals surface area contributed by atoms with Crippen LogP contribution in [0.5, 0.6) is 0 Å². The van der Waals surface area contributed by atoms with Gasteiger partial charge in [-0.15, -0.1) is 0 Å². The number of hydrogen-bond acceptors (Lipinski definition) is 5. The lowest BCUT2D eigenvalue weighted by Gasteiger charge is -2.24. The predicted octanol–water partition coefficient (Wildman–Crippen LogP) is 2.54. The molecule has 0 atom stereocenters.